The molecule has 0 amide bonds. The van der Waals surface area contributed by atoms with Gasteiger partial charge in [0.25, 0.3) is 0 Å². The molecule has 0 aromatic heterocycles. The first kappa shape index (κ1) is 10.2. The van der Waals surface area contributed by atoms with E-state index in [1.54, 1.807) is 7.11 Å². The lowest BCUT2D eigenvalue weighted by atomic mass is 10.6. The molecule has 0 saturated heterocycles. The highest BCUT2D eigenvalue weighted by Gasteiger charge is 1.89. The third kappa shape index (κ3) is 7.10. The third-order valence-electron chi connectivity index (χ3n) is 0.943. The van der Waals surface area contributed by atoms with Crippen molar-refractivity contribution >= 4 is 17.3 Å². The Morgan fingerprint density at radius 3 is 2.91 bits per heavy atom. The second kappa shape index (κ2) is 7.32. The normalized spacial score (nSPS) is 8.36. The van der Waals surface area contributed by atoms with Crippen molar-refractivity contribution in [2.45, 2.75) is 0 Å². The van der Waals surface area contributed by atoms with E-state index in [1.807, 2.05) is 0 Å². The van der Waals surface area contributed by atoms with Crippen LogP contribution in [0.4, 0.5) is 0 Å². The molecule has 2 N–H and O–H groups in total. The SMILES string of the molecule is C#CCNC(=S)NCCOC. The molecular weight excluding hydrogens is 160 g/mol. The maximum atomic E-state index is 5.01. The average molecular weight is 172 g/mol. The van der Waals surface area contributed by atoms with Crippen molar-refractivity contribution in [1.29, 1.82) is 0 Å². The smallest absolute Gasteiger partial charge is 0.167 e. The number of hydrogen-bond donors (Lipinski definition) is 2. The molecule has 0 saturated carbocycles. The van der Waals surface area contributed by atoms with Crippen LogP contribution >= 0.6 is 12.2 Å². The number of nitrogens with one attached hydrogen (secondary N) is 2. The predicted octanol–water partition coefficient (Wildman–Crippen LogP) is -0.270. The molecule has 0 aliphatic rings. The molecule has 0 atom stereocenters. The van der Waals surface area contributed by atoms with Crippen molar-refractivity contribution < 1.29 is 4.74 Å². The van der Waals surface area contributed by atoms with E-state index in [4.69, 9.17) is 23.4 Å². The van der Waals surface area contributed by atoms with Gasteiger partial charge in [-0.15, -0.1) is 6.42 Å². The first-order valence-corrected chi connectivity index (χ1v) is 3.66. The molecule has 0 rings (SSSR count). The van der Waals surface area contributed by atoms with Crippen LogP contribution in [0.5, 0.6) is 0 Å². The molecule has 0 radical (unpaired) electrons. The molecule has 0 bridgehead atoms. The summed E-state index contributed by atoms with van der Waals surface area (Å²) in [6, 6.07) is 0. The van der Waals surface area contributed by atoms with Crippen LogP contribution in [0.15, 0.2) is 0 Å². The minimum atomic E-state index is 0.457. The minimum absolute atomic E-state index is 0.457. The van der Waals surface area contributed by atoms with Crippen molar-refractivity contribution in [3.8, 4) is 12.3 Å². The van der Waals surface area contributed by atoms with E-state index in [1.165, 1.54) is 0 Å². The summed E-state index contributed by atoms with van der Waals surface area (Å²) in [6.07, 6.45) is 5.01. The van der Waals surface area contributed by atoms with E-state index < -0.39 is 0 Å². The Hall–Kier alpha value is -0.790. The van der Waals surface area contributed by atoms with E-state index >= 15 is 0 Å². The van der Waals surface area contributed by atoms with Crippen molar-refractivity contribution in [1.82, 2.24) is 10.6 Å². The Bertz CT molecular complexity index is 153. The van der Waals surface area contributed by atoms with Crippen LogP contribution in [0.3, 0.4) is 0 Å². The summed E-state index contributed by atoms with van der Waals surface area (Å²) in [5.74, 6) is 2.42. The average Bonchev–Trinajstić information content (AvgIpc) is 2.01. The molecule has 0 aliphatic heterocycles. The highest BCUT2D eigenvalue weighted by atomic mass is 32.1. The lowest BCUT2D eigenvalue weighted by Gasteiger charge is -2.06. The molecule has 4 heteroatoms. The maximum absolute atomic E-state index is 5.01. The van der Waals surface area contributed by atoms with Gasteiger partial charge in [0.15, 0.2) is 5.11 Å². The monoisotopic (exact) mass is 172 g/mol. The Labute approximate surface area is 72.5 Å². The van der Waals surface area contributed by atoms with Crippen molar-refractivity contribution in [2.75, 3.05) is 26.8 Å². The van der Waals surface area contributed by atoms with E-state index in [2.05, 4.69) is 16.6 Å². The van der Waals surface area contributed by atoms with E-state index in [0.29, 0.717) is 24.8 Å². The number of ether oxygens (including phenoxy) is 1. The van der Waals surface area contributed by atoms with Gasteiger partial charge in [-0.3, -0.25) is 0 Å². The largest absolute Gasteiger partial charge is 0.383 e. The molecule has 0 aromatic rings. The fourth-order valence-electron chi connectivity index (χ4n) is 0.460. The van der Waals surface area contributed by atoms with Gasteiger partial charge in [0.05, 0.1) is 13.2 Å². The topological polar surface area (TPSA) is 33.3 Å². The van der Waals surface area contributed by atoms with Crippen LogP contribution in [-0.4, -0.2) is 31.9 Å². The number of rotatable bonds is 4. The first-order valence-electron chi connectivity index (χ1n) is 3.25. The van der Waals surface area contributed by atoms with E-state index in [-0.39, 0.29) is 0 Å². The molecule has 0 aromatic carbocycles. The fraction of sp³-hybridized carbons (Fsp3) is 0.571. The number of hydrogen-bond acceptors (Lipinski definition) is 2. The second-order valence-electron chi connectivity index (χ2n) is 1.81. The van der Waals surface area contributed by atoms with Crippen LogP contribution in [0.2, 0.25) is 0 Å². The van der Waals surface area contributed by atoms with Gasteiger partial charge >= 0.3 is 0 Å². The van der Waals surface area contributed by atoms with Gasteiger partial charge in [-0.1, -0.05) is 5.92 Å². The number of terminal acetylenes is 1. The van der Waals surface area contributed by atoms with Gasteiger partial charge in [-0.05, 0) is 12.2 Å². The summed E-state index contributed by atoms with van der Waals surface area (Å²) >= 11 is 4.86. The molecule has 0 spiro atoms. The highest BCUT2D eigenvalue weighted by molar-refractivity contribution is 7.80. The molecule has 62 valence electrons. The summed E-state index contributed by atoms with van der Waals surface area (Å²) in [5.41, 5.74) is 0. The Kier molecular flexibility index (Phi) is 6.79. The van der Waals surface area contributed by atoms with Crippen LogP contribution < -0.4 is 10.6 Å². The van der Waals surface area contributed by atoms with Gasteiger partial charge in [0.2, 0.25) is 0 Å². The van der Waals surface area contributed by atoms with Gasteiger partial charge in [0.1, 0.15) is 0 Å². The second-order valence-corrected chi connectivity index (χ2v) is 2.21. The van der Waals surface area contributed by atoms with Crippen LogP contribution in [0, 0.1) is 12.3 Å². The Morgan fingerprint density at radius 2 is 2.36 bits per heavy atom. The quantitative estimate of drug-likeness (QED) is 0.347. The summed E-state index contributed by atoms with van der Waals surface area (Å²) in [6.45, 7) is 1.80. The van der Waals surface area contributed by atoms with E-state index in [9.17, 15) is 0 Å². The molecule has 0 unspecified atom stereocenters. The maximum Gasteiger partial charge on any atom is 0.167 e. The Morgan fingerprint density at radius 1 is 1.64 bits per heavy atom. The van der Waals surface area contributed by atoms with Gasteiger partial charge in [-0.2, -0.15) is 0 Å². The lowest BCUT2D eigenvalue weighted by Crippen LogP contribution is -2.37. The lowest BCUT2D eigenvalue weighted by molar-refractivity contribution is 0.204. The number of thiocarbonyl (C=S) groups is 1. The molecular formula is C7H12N2OS. The van der Waals surface area contributed by atoms with E-state index in [0.717, 1.165) is 0 Å². The number of methoxy groups -OCH3 is 1. The predicted molar refractivity (Wildman–Crippen MR) is 49.3 cm³/mol. The first-order chi connectivity index (χ1) is 5.31. The third-order valence-corrected chi connectivity index (χ3v) is 1.23. The van der Waals surface area contributed by atoms with Crippen molar-refractivity contribution in [3.63, 3.8) is 0 Å². The standard InChI is InChI=1S/C7H12N2OS/c1-3-4-8-7(11)9-5-6-10-2/h1H,4-6H2,2H3,(H2,8,9,11). The van der Waals surface area contributed by atoms with Crippen molar-refractivity contribution in [3.05, 3.63) is 0 Å². The molecule has 11 heavy (non-hydrogen) atoms. The minimum Gasteiger partial charge on any atom is -0.383 e. The summed E-state index contributed by atoms with van der Waals surface area (Å²) in [5, 5.41) is 6.31. The zero-order chi connectivity index (χ0) is 8.53. The molecule has 3 nitrogen and oxygen atoms in total. The highest BCUT2D eigenvalue weighted by Crippen LogP contribution is 1.67. The zero-order valence-corrected chi connectivity index (χ0v) is 7.33. The zero-order valence-electron chi connectivity index (χ0n) is 6.52. The molecule has 0 heterocycles. The summed E-state index contributed by atoms with van der Waals surface area (Å²) in [4.78, 5) is 0. The van der Waals surface area contributed by atoms with Gasteiger partial charge < -0.3 is 15.4 Å². The van der Waals surface area contributed by atoms with Crippen LogP contribution in [0.25, 0.3) is 0 Å². The van der Waals surface area contributed by atoms with Crippen molar-refractivity contribution in [2.24, 2.45) is 0 Å². The summed E-state index contributed by atoms with van der Waals surface area (Å²) < 4.78 is 4.81. The van der Waals surface area contributed by atoms with Crippen LogP contribution in [-0.2, 0) is 4.74 Å². The fourth-order valence-corrected chi connectivity index (χ4v) is 0.635. The molecule has 0 aliphatic carbocycles. The summed E-state index contributed by atoms with van der Waals surface area (Å²) in [7, 11) is 1.64. The van der Waals surface area contributed by atoms with Gasteiger partial charge in [0, 0.05) is 13.7 Å². The Balaban J connectivity index is 3.17. The molecule has 0 fully saturated rings. The van der Waals surface area contributed by atoms with Crippen LogP contribution in [0.1, 0.15) is 0 Å². The van der Waals surface area contributed by atoms with Gasteiger partial charge in [-0.25, -0.2) is 0 Å².